The average Bonchev–Trinajstić information content (AvgIpc) is 2.86. The molecule has 0 spiro atoms. The van der Waals surface area contributed by atoms with Crippen LogP contribution in [0.15, 0.2) is 18.2 Å². The lowest BCUT2D eigenvalue weighted by Gasteiger charge is -2.15. The molecule has 3 heteroatoms. The zero-order chi connectivity index (χ0) is 13.1. The Labute approximate surface area is 116 Å². The number of hydrogen-bond acceptors (Lipinski definition) is 1. The number of likely N-dealkylation sites (N-methyl/N-ethyl adjacent to an activating group) is 1. The van der Waals surface area contributed by atoms with E-state index in [-0.39, 0.29) is 5.91 Å². The van der Waals surface area contributed by atoms with E-state index in [1.165, 1.54) is 17.5 Å². The molecule has 1 saturated carbocycles. The number of halogens is 1. The van der Waals surface area contributed by atoms with Gasteiger partial charge in [0, 0.05) is 17.6 Å². The van der Waals surface area contributed by atoms with Gasteiger partial charge in [0.15, 0.2) is 0 Å². The summed E-state index contributed by atoms with van der Waals surface area (Å²) in [6.45, 7) is 4.63. The second-order valence-corrected chi connectivity index (χ2v) is 7.21. The minimum atomic E-state index is 0.194. The molecule has 2 nitrogen and oxygen atoms in total. The highest BCUT2D eigenvalue weighted by atomic mass is 79.9. The third kappa shape index (κ3) is 1.80. The van der Waals surface area contributed by atoms with E-state index in [4.69, 9.17) is 0 Å². The number of fused-ring (bicyclic) bond motifs is 1. The number of alkyl halides is 1. The van der Waals surface area contributed by atoms with Gasteiger partial charge in [0.1, 0.15) is 0 Å². The van der Waals surface area contributed by atoms with Crippen LogP contribution in [0.1, 0.15) is 36.2 Å². The van der Waals surface area contributed by atoms with Crippen molar-refractivity contribution >= 4 is 27.5 Å². The lowest BCUT2D eigenvalue weighted by atomic mass is 10.00. The van der Waals surface area contributed by atoms with E-state index in [2.05, 4.69) is 48.0 Å². The van der Waals surface area contributed by atoms with Crippen LogP contribution in [0.4, 0.5) is 5.69 Å². The van der Waals surface area contributed by atoms with Crippen LogP contribution >= 0.6 is 15.9 Å². The van der Waals surface area contributed by atoms with Crippen molar-refractivity contribution in [2.75, 3.05) is 11.9 Å². The normalized spacial score (nSPS) is 26.1. The standard InChI is InChI=1S/C15H18BrNO/c1-15(2)8-11(15)14(16)9-4-5-12-10(6-9)7-13(18)17(12)3/h4-6,11,14H,7-8H2,1-3H3. The number of anilines is 1. The monoisotopic (exact) mass is 307 g/mol. The van der Waals surface area contributed by atoms with E-state index in [9.17, 15) is 4.79 Å². The molecule has 2 unspecified atom stereocenters. The molecule has 1 aliphatic heterocycles. The summed E-state index contributed by atoms with van der Waals surface area (Å²) in [4.78, 5) is 13.8. The average molecular weight is 308 g/mol. The molecular weight excluding hydrogens is 290 g/mol. The van der Waals surface area contributed by atoms with Crippen molar-refractivity contribution in [3.05, 3.63) is 29.3 Å². The smallest absolute Gasteiger partial charge is 0.231 e. The maximum atomic E-state index is 11.7. The first-order chi connectivity index (χ1) is 8.40. The zero-order valence-corrected chi connectivity index (χ0v) is 12.6. The molecule has 1 aromatic rings. The van der Waals surface area contributed by atoms with Gasteiger partial charge in [-0.25, -0.2) is 0 Å². The predicted octanol–water partition coefficient (Wildman–Crippen LogP) is 3.69. The van der Waals surface area contributed by atoms with Crippen molar-refractivity contribution in [1.82, 2.24) is 0 Å². The van der Waals surface area contributed by atoms with Gasteiger partial charge in [-0.15, -0.1) is 0 Å². The summed E-state index contributed by atoms with van der Waals surface area (Å²) >= 11 is 3.83. The SMILES string of the molecule is CN1C(=O)Cc2cc(C(Br)C3CC3(C)C)ccc21. The molecule has 0 radical (unpaired) electrons. The summed E-state index contributed by atoms with van der Waals surface area (Å²) in [6, 6.07) is 6.44. The topological polar surface area (TPSA) is 20.3 Å². The molecule has 1 fully saturated rings. The van der Waals surface area contributed by atoms with Crippen molar-refractivity contribution in [3.8, 4) is 0 Å². The van der Waals surface area contributed by atoms with E-state index in [1.54, 1.807) is 4.90 Å². The van der Waals surface area contributed by atoms with Crippen LogP contribution in [-0.4, -0.2) is 13.0 Å². The van der Waals surface area contributed by atoms with Crippen LogP contribution in [0.2, 0.25) is 0 Å². The quantitative estimate of drug-likeness (QED) is 0.763. The maximum Gasteiger partial charge on any atom is 0.231 e. The van der Waals surface area contributed by atoms with Crippen molar-refractivity contribution in [3.63, 3.8) is 0 Å². The Morgan fingerprint density at radius 3 is 2.72 bits per heavy atom. The highest BCUT2D eigenvalue weighted by molar-refractivity contribution is 9.09. The lowest BCUT2D eigenvalue weighted by Crippen LogP contribution is -2.20. The third-order valence-corrected chi connectivity index (χ3v) is 5.61. The van der Waals surface area contributed by atoms with Crippen LogP contribution in [0.5, 0.6) is 0 Å². The summed E-state index contributed by atoms with van der Waals surface area (Å²) in [5.74, 6) is 0.908. The van der Waals surface area contributed by atoms with Crippen LogP contribution in [0, 0.1) is 11.3 Å². The Balaban J connectivity index is 1.88. The van der Waals surface area contributed by atoms with Gasteiger partial charge in [-0.05, 0) is 34.9 Å². The molecular formula is C15H18BrNO. The third-order valence-electron chi connectivity index (χ3n) is 4.44. The molecule has 1 amide bonds. The van der Waals surface area contributed by atoms with E-state index in [1.807, 2.05) is 7.05 Å². The van der Waals surface area contributed by atoms with E-state index >= 15 is 0 Å². The minimum Gasteiger partial charge on any atom is -0.315 e. The minimum absolute atomic E-state index is 0.194. The van der Waals surface area contributed by atoms with Crippen molar-refractivity contribution in [2.45, 2.75) is 31.5 Å². The second-order valence-electron chi connectivity index (χ2n) is 6.22. The first-order valence-corrected chi connectivity index (χ1v) is 7.35. The fraction of sp³-hybridized carbons (Fsp3) is 0.533. The molecule has 1 aliphatic carbocycles. The van der Waals surface area contributed by atoms with Gasteiger partial charge in [-0.3, -0.25) is 4.79 Å². The fourth-order valence-corrected chi connectivity index (χ4v) is 4.09. The highest BCUT2D eigenvalue weighted by Gasteiger charge is 2.49. The van der Waals surface area contributed by atoms with E-state index in [0.29, 0.717) is 22.6 Å². The zero-order valence-electron chi connectivity index (χ0n) is 11.0. The van der Waals surface area contributed by atoms with Gasteiger partial charge in [0.25, 0.3) is 0 Å². The van der Waals surface area contributed by atoms with Crippen molar-refractivity contribution in [2.24, 2.45) is 11.3 Å². The van der Waals surface area contributed by atoms with Crippen molar-refractivity contribution < 1.29 is 4.79 Å². The number of nitrogens with zero attached hydrogens (tertiary/aromatic N) is 1. The lowest BCUT2D eigenvalue weighted by molar-refractivity contribution is -0.117. The van der Waals surface area contributed by atoms with E-state index in [0.717, 1.165) is 5.69 Å². The molecule has 3 rings (SSSR count). The number of amides is 1. The molecule has 0 N–H and O–H groups in total. The number of benzene rings is 1. The van der Waals surface area contributed by atoms with Crippen LogP contribution in [0.25, 0.3) is 0 Å². The Morgan fingerprint density at radius 2 is 2.11 bits per heavy atom. The highest BCUT2D eigenvalue weighted by Crippen LogP contribution is 2.60. The van der Waals surface area contributed by atoms with Crippen LogP contribution in [-0.2, 0) is 11.2 Å². The van der Waals surface area contributed by atoms with Gasteiger partial charge in [-0.2, -0.15) is 0 Å². The Kier molecular flexibility index (Phi) is 2.60. The molecule has 0 saturated heterocycles. The summed E-state index contributed by atoms with van der Waals surface area (Å²) in [7, 11) is 1.85. The second kappa shape index (κ2) is 3.83. The predicted molar refractivity (Wildman–Crippen MR) is 77.1 cm³/mol. The first kappa shape index (κ1) is 12.2. The number of rotatable bonds is 2. The van der Waals surface area contributed by atoms with Gasteiger partial charge in [0.05, 0.1) is 6.42 Å². The van der Waals surface area contributed by atoms with Gasteiger partial charge < -0.3 is 4.90 Å². The van der Waals surface area contributed by atoms with Gasteiger partial charge >= 0.3 is 0 Å². The van der Waals surface area contributed by atoms with Crippen LogP contribution < -0.4 is 4.90 Å². The summed E-state index contributed by atoms with van der Waals surface area (Å²) in [5.41, 5.74) is 4.01. The van der Waals surface area contributed by atoms with Crippen LogP contribution in [0.3, 0.4) is 0 Å². The molecule has 1 heterocycles. The molecule has 0 bridgehead atoms. The summed E-state index contributed by atoms with van der Waals surface area (Å²) in [6.07, 6.45) is 1.83. The Morgan fingerprint density at radius 1 is 1.44 bits per heavy atom. The maximum absolute atomic E-state index is 11.7. The number of carbonyl (C=O) groups excluding carboxylic acids is 1. The first-order valence-electron chi connectivity index (χ1n) is 6.43. The molecule has 2 aliphatic rings. The molecule has 96 valence electrons. The largest absolute Gasteiger partial charge is 0.315 e. The summed E-state index contributed by atoms with van der Waals surface area (Å²) < 4.78 is 0. The van der Waals surface area contributed by atoms with E-state index < -0.39 is 0 Å². The van der Waals surface area contributed by atoms with Crippen molar-refractivity contribution in [1.29, 1.82) is 0 Å². The molecule has 18 heavy (non-hydrogen) atoms. The molecule has 0 aromatic heterocycles. The van der Waals surface area contributed by atoms with Gasteiger partial charge in [0.2, 0.25) is 5.91 Å². The summed E-state index contributed by atoms with van der Waals surface area (Å²) in [5, 5.41) is 0. The molecule has 1 aromatic carbocycles. The number of carbonyl (C=O) groups is 1. The number of hydrogen-bond donors (Lipinski definition) is 0. The molecule has 2 atom stereocenters. The Bertz CT molecular complexity index is 523. The van der Waals surface area contributed by atoms with Gasteiger partial charge in [-0.1, -0.05) is 41.9 Å². The Hall–Kier alpha value is -0.830. The fourth-order valence-electron chi connectivity index (χ4n) is 2.90.